The van der Waals surface area contributed by atoms with E-state index in [1.165, 1.54) is 32.7 Å². The van der Waals surface area contributed by atoms with Crippen molar-refractivity contribution in [2.75, 3.05) is 0 Å². The molecule has 0 radical (unpaired) electrons. The van der Waals surface area contributed by atoms with Crippen LogP contribution in [0.25, 0.3) is 21.5 Å². The Hall–Kier alpha value is -2.60. The molecule has 0 saturated heterocycles. The molecule has 0 fully saturated rings. The van der Waals surface area contributed by atoms with Crippen molar-refractivity contribution in [2.45, 2.75) is 47.0 Å². The van der Waals surface area contributed by atoms with Gasteiger partial charge >= 0.3 is 0 Å². The van der Waals surface area contributed by atoms with E-state index in [-0.39, 0.29) is 5.41 Å². The van der Waals surface area contributed by atoms with Crippen molar-refractivity contribution in [2.24, 2.45) is 0 Å². The highest BCUT2D eigenvalue weighted by Crippen LogP contribution is 2.33. The summed E-state index contributed by atoms with van der Waals surface area (Å²) in [5.41, 5.74) is 2.93. The van der Waals surface area contributed by atoms with Crippen molar-refractivity contribution in [1.82, 2.24) is 0 Å². The molecule has 0 saturated carbocycles. The number of hydrogen-bond acceptors (Lipinski definition) is 0. The van der Waals surface area contributed by atoms with Crippen molar-refractivity contribution in [3.63, 3.8) is 0 Å². The van der Waals surface area contributed by atoms with E-state index in [0.29, 0.717) is 0 Å². The minimum atomic E-state index is 0.183. The van der Waals surface area contributed by atoms with Crippen LogP contribution in [0.5, 0.6) is 0 Å². The van der Waals surface area contributed by atoms with Gasteiger partial charge in [-0.25, -0.2) is 0 Å². The van der Waals surface area contributed by atoms with Gasteiger partial charge in [0.2, 0.25) is 0 Å². The Morgan fingerprint density at radius 1 is 0.519 bits per heavy atom. The van der Waals surface area contributed by atoms with Gasteiger partial charge in [0.15, 0.2) is 0 Å². The maximum atomic E-state index is 2.27. The Kier molecular flexibility index (Phi) is 7.19. The molecule has 4 rings (SSSR count). The van der Waals surface area contributed by atoms with Crippen LogP contribution in [0.3, 0.4) is 0 Å². The molecular formula is C27H32. The Labute approximate surface area is 164 Å². The maximum absolute atomic E-state index is 2.27. The summed E-state index contributed by atoms with van der Waals surface area (Å²) in [6.45, 7) is 12.9. The largest absolute Gasteiger partial charge is 0.0683 e. The van der Waals surface area contributed by atoms with Gasteiger partial charge in [0.05, 0.1) is 0 Å². The third-order valence-corrected chi connectivity index (χ3v) is 4.54. The summed E-state index contributed by atoms with van der Waals surface area (Å²) in [6.07, 6.45) is 0. The highest BCUT2D eigenvalue weighted by Gasteiger charge is 2.16. The number of benzene rings is 4. The van der Waals surface area contributed by atoms with Crippen LogP contribution in [0.4, 0.5) is 0 Å². The van der Waals surface area contributed by atoms with Crippen LogP contribution in [0.2, 0.25) is 0 Å². The molecule has 27 heavy (non-hydrogen) atoms. The molecule has 0 atom stereocenters. The Morgan fingerprint density at radius 3 is 1.70 bits per heavy atom. The van der Waals surface area contributed by atoms with Crippen molar-refractivity contribution in [3.05, 3.63) is 96.1 Å². The predicted molar refractivity (Wildman–Crippen MR) is 123 cm³/mol. The first-order valence-electron chi connectivity index (χ1n) is 9.89. The molecule has 0 aliphatic carbocycles. The third kappa shape index (κ3) is 5.20. The highest BCUT2D eigenvalue weighted by molar-refractivity contribution is 6.08. The fourth-order valence-electron chi connectivity index (χ4n) is 3.23. The van der Waals surface area contributed by atoms with Crippen LogP contribution in [0.1, 0.15) is 45.7 Å². The SMILES string of the molecule is CC.CC(C)(C)c1cccc2c1ccc1ccccc12.Cc1ccccc1. The van der Waals surface area contributed by atoms with E-state index in [2.05, 4.69) is 94.4 Å². The zero-order valence-corrected chi connectivity index (χ0v) is 17.6. The molecule has 4 aromatic rings. The predicted octanol–water partition coefficient (Wildman–Crippen LogP) is 8.31. The summed E-state index contributed by atoms with van der Waals surface area (Å²) in [5.74, 6) is 0. The van der Waals surface area contributed by atoms with Crippen molar-refractivity contribution >= 4 is 21.5 Å². The number of fused-ring (bicyclic) bond motifs is 3. The molecule has 0 spiro atoms. The molecule has 0 heterocycles. The molecule has 0 N–H and O–H groups in total. The van der Waals surface area contributed by atoms with E-state index in [1.54, 1.807) is 0 Å². The topological polar surface area (TPSA) is 0 Å². The fourth-order valence-corrected chi connectivity index (χ4v) is 3.23. The first-order valence-corrected chi connectivity index (χ1v) is 9.89. The van der Waals surface area contributed by atoms with Gasteiger partial charge in [-0.2, -0.15) is 0 Å². The standard InChI is InChI=1S/C18H18.C7H8.C2H6/c1-18(2,3)17-10-6-9-15-14-8-5-4-7-13(14)11-12-16(15)17;1-7-5-3-2-4-6-7;1-2/h4-12H,1-3H3;2-6H,1H3;1-2H3. The van der Waals surface area contributed by atoms with E-state index < -0.39 is 0 Å². The van der Waals surface area contributed by atoms with E-state index in [0.717, 1.165) is 0 Å². The minimum absolute atomic E-state index is 0.183. The van der Waals surface area contributed by atoms with Gasteiger partial charge in [-0.3, -0.25) is 0 Å². The summed E-state index contributed by atoms with van der Waals surface area (Å²) in [4.78, 5) is 0. The number of aryl methyl sites for hydroxylation is 1. The van der Waals surface area contributed by atoms with Crippen molar-refractivity contribution in [3.8, 4) is 0 Å². The van der Waals surface area contributed by atoms with Gasteiger partial charge in [0.1, 0.15) is 0 Å². The second-order valence-electron chi connectivity index (χ2n) is 7.59. The normalized spacial score (nSPS) is 10.6. The number of hydrogen-bond donors (Lipinski definition) is 0. The van der Waals surface area contributed by atoms with Gasteiger partial charge < -0.3 is 0 Å². The van der Waals surface area contributed by atoms with E-state index in [9.17, 15) is 0 Å². The van der Waals surface area contributed by atoms with Crippen LogP contribution in [0, 0.1) is 6.92 Å². The van der Waals surface area contributed by atoms with Gasteiger partial charge in [0.25, 0.3) is 0 Å². The molecular weight excluding hydrogens is 324 g/mol. The summed E-state index contributed by atoms with van der Waals surface area (Å²) in [5, 5.41) is 5.40. The minimum Gasteiger partial charge on any atom is -0.0683 e. The lowest BCUT2D eigenvalue weighted by molar-refractivity contribution is 0.596. The van der Waals surface area contributed by atoms with E-state index in [1.807, 2.05) is 32.0 Å². The van der Waals surface area contributed by atoms with Gasteiger partial charge in [-0.1, -0.05) is 125 Å². The second-order valence-corrected chi connectivity index (χ2v) is 7.59. The maximum Gasteiger partial charge on any atom is -0.0102 e. The molecule has 0 aliphatic rings. The Balaban J connectivity index is 0.000000244. The molecule has 0 aromatic heterocycles. The lowest BCUT2D eigenvalue weighted by Gasteiger charge is -2.21. The van der Waals surface area contributed by atoms with Crippen molar-refractivity contribution < 1.29 is 0 Å². The fraction of sp³-hybridized carbons (Fsp3) is 0.259. The lowest BCUT2D eigenvalue weighted by Crippen LogP contribution is -2.11. The van der Waals surface area contributed by atoms with Crippen LogP contribution >= 0.6 is 0 Å². The molecule has 0 nitrogen and oxygen atoms in total. The van der Waals surface area contributed by atoms with Crippen molar-refractivity contribution in [1.29, 1.82) is 0 Å². The van der Waals surface area contributed by atoms with E-state index in [4.69, 9.17) is 0 Å². The Morgan fingerprint density at radius 2 is 1.11 bits per heavy atom. The molecule has 0 heteroatoms. The zero-order chi connectivity index (χ0) is 19.9. The van der Waals surface area contributed by atoms with Gasteiger partial charge in [0, 0.05) is 0 Å². The third-order valence-electron chi connectivity index (χ3n) is 4.54. The van der Waals surface area contributed by atoms with Crippen LogP contribution in [-0.2, 0) is 5.41 Å². The molecule has 0 aliphatic heterocycles. The quantitative estimate of drug-likeness (QED) is 0.278. The van der Waals surface area contributed by atoms with Crippen LogP contribution < -0.4 is 0 Å². The van der Waals surface area contributed by atoms with Crippen LogP contribution in [0.15, 0.2) is 84.9 Å². The smallest absolute Gasteiger partial charge is 0.0102 e. The van der Waals surface area contributed by atoms with E-state index >= 15 is 0 Å². The monoisotopic (exact) mass is 356 g/mol. The first kappa shape index (κ1) is 20.7. The molecule has 0 unspecified atom stereocenters. The second kappa shape index (κ2) is 9.37. The average Bonchev–Trinajstić information content (AvgIpc) is 2.69. The van der Waals surface area contributed by atoms with Crippen LogP contribution in [-0.4, -0.2) is 0 Å². The highest BCUT2D eigenvalue weighted by atomic mass is 14.2. The zero-order valence-electron chi connectivity index (χ0n) is 17.6. The molecule has 0 amide bonds. The molecule has 140 valence electrons. The lowest BCUT2D eigenvalue weighted by atomic mass is 9.83. The summed E-state index contributed by atoms with van der Waals surface area (Å²) in [7, 11) is 0. The average molecular weight is 357 g/mol. The molecule has 4 aromatic carbocycles. The van der Waals surface area contributed by atoms with Gasteiger partial charge in [-0.05, 0) is 39.4 Å². The number of rotatable bonds is 0. The summed E-state index contributed by atoms with van der Waals surface area (Å²) in [6, 6.07) is 30.0. The van der Waals surface area contributed by atoms with Gasteiger partial charge in [-0.15, -0.1) is 0 Å². The Bertz CT molecular complexity index is 973. The summed E-state index contributed by atoms with van der Waals surface area (Å²) < 4.78 is 0. The molecule has 0 bridgehead atoms. The summed E-state index contributed by atoms with van der Waals surface area (Å²) >= 11 is 0. The first-order chi connectivity index (χ1) is 13.0.